The van der Waals surface area contributed by atoms with Crippen LogP contribution in [0.3, 0.4) is 0 Å². The molecule has 2 unspecified atom stereocenters. The number of hydrogen-bond donors (Lipinski definition) is 0. The van der Waals surface area contributed by atoms with Crippen LogP contribution in [0.4, 0.5) is 0 Å². The number of rotatable bonds is 10. The monoisotopic (exact) mass is 314 g/mol. The van der Waals surface area contributed by atoms with E-state index >= 15 is 0 Å². The lowest BCUT2D eigenvalue weighted by atomic mass is 10.2. The van der Waals surface area contributed by atoms with Gasteiger partial charge in [0, 0.05) is 37.1 Å². The third-order valence-electron chi connectivity index (χ3n) is 2.73. The van der Waals surface area contributed by atoms with Gasteiger partial charge in [-0.05, 0) is 28.2 Å². The first kappa shape index (κ1) is 20.6. The number of carbonyl (C=O) groups is 2. The van der Waals surface area contributed by atoms with Crippen LogP contribution >= 0.6 is 0 Å². The summed E-state index contributed by atoms with van der Waals surface area (Å²) in [5.74, 6) is -0.565. The van der Waals surface area contributed by atoms with E-state index in [0.717, 1.165) is 25.2 Å². The minimum absolute atomic E-state index is 0.242. The van der Waals surface area contributed by atoms with Crippen molar-refractivity contribution in [2.24, 2.45) is 11.8 Å². The highest BCUT2D eigenvalue weighted by Gasteiger charge is 2.08. The number of ether oxygens (including phenoxy) is 2. The number of nitrogens with zero attached hydrogens (tertiary/aromatic N) is 2. The zero-order valence-corrected chi connectivity index (χ0v) is 14.7. The summed E-state index contributed by atoms with van der Waals surface area (Å²) in [5, 5.41) is 0. The van der Waals surface area contributed by atoms with E-state index in [2.05, 4.69) is 0 Å². The molecule has 128 valence electrons. The van der Waals surface area contributed by atoms with E-state index in [1.807, 2.05) is 51.8 Å². The molecule has 0 heterocycles. The van der Waals surface area contributed by atoms with Crippen molar-refractivity contribution in [2.45, 2.75) is 13.8 Å². The summed E-state index contributed by atoms with van der Waals surface area (Å²) in [6, 6.07) is 0. The van der Waals surface area contributed by atoms with Gasteiger partial charge in [0.25, 0.3) is 0 Å². The van der Waals surface area contributed by atoms with Crippen molar-refractivity contribution in [3.05, 3.63) is 12.2 Å². The lowest BCUT2D eigenvalue weighted by Crippen LogP contribution is -2.24. The molecule has 0 aromatic rings. The second kappa shape index (κ2) is 11.2. The summed E-state index contributed by atoms with van der Waals surface area (Å²) >= 11 is 0. The summed E-state index contributed by atoms with van der Waals surface area (Å²) in [7, 11) is 7.86. The smallest absolute Gasteiger partial charge is 0.331 e. The van der Waals surface area contributed by atoms with Crippen LogP contribution in [0.15, 0.2) is 12.2 Å². The van der Waals surface area contributed by atoms with Gasteiger partial charge >= 0.3 is 11.9 Å². The molecule has 0 spiro atoms. The first-order valence-electron chi connectivity index (χ1n) is 7.51. The third-order valence-corrected chi connectivity index (χ3v) is 2.73. The summed E-state index contributed by atoms with van der Waals surface area (Å²) in [6.07, 6.45) is 2.22. The molecule has 0 aliphatic heterocycles. The maximum atomic E-state index is 11.5. The topological polar surface area (TPSA) is 59.1 Å². The Bertz CT molecular complexity index is 333. The van der Waals surface area contributed by atoms with Gasteiger partial charge in [0.15, 0.2) is 0 Å². The standard InChI is InChI=1S/C16H30N2O4/c1-13(9-17(3)4)11-21-15(19)7-8-16(20)22-12-14(2)10-18(5)6/h7-8,13-14H,9-12H2,1-6H3/b8-7+. The van der Waals surface area contributed by atoms with Crippen LogP contribution in [0.25, 0.3) is 0 Å². The van der Waals surface area contributed by atoms with Crippen LogP contribution in [-0.4, -0.2) is 76.2 Å². The van der Waals surface area contributed by atoms with Crippen molar-refractivity contribution in [3.63, 3.8) is 0 Å². The molecule has 0 aliphatic rings. The van der Waals surface area contributed by atoms with Crippen molar-refractivity contribution >= 4 is 11.9 Å². The van der Waals surface area contributed by atoms with Gasteiger partial charge in [0.05, 0.1) is 13.2 Å². The molecule has 0 aromatic heterocycles. The molecular weight excluding hydrogens is 284 g/mol. The van der Waals surface area contributed by atoms with E-state index in [9.17, 15) is 9.59 Å². The molecule has 0 amide bonds. The van der Waals surface area contributed by atoms with Gasteiger partial charge in [-0.15, -0.1) is 0 Å². The quantitative estimate of drug-likeness (QED) is 0.443. The zero-order valence-electron chi connectivity index (χ0n) is 14.7. The molecule has 0 radical (unpaired) electrons. The zero-order chi connectivity index (χ0) is 17.1. The highest BCUT2D eigenvalue weighted by atomic mass is 16.5. The maximum absolute atomic E-state index is 11.5. The highest BCUT2D eigenvalue weighted by molar-refractivity contribution is 5.91. The summed E-state index contributed by atoms with van der Waals surface area (Å²) in [6.45, 7) is 6.33. The van der Waals surface area contributed by atoms with Gasteiger partial charge in [-0.2, -0.15) is 0 Å². The molecule has 2 atom stereocenters. The lowest BCUT2D eigenvalue weighted by molar-refractivity contribution is -0.141. The van der Waals surface area contributed by atoms with E-state index in [0.29, 0.717) is 13.2 Å². The van der Waals surface area contributed by atoms with E-state index in [-0.39, 0.29) is 11.8 Å². The van der Waals surface area contributed by atoms with Crippen molar-refractivity contribution in [3.8, 4) is 0 Å². The first-order valence-corrected chi connectivity index (χ1v) is 7.51. The molecule has 0 saturated heterocycles. The SMILES string of the molecule is CC(COC(=O)/C=C/C(=O)OCC(C)CN(C)C)CN(C)C. The molecule has 0 aromatic carbocycles. The molecule has 6 nitrogen and oxygen atoms in total. The Balaban J connectivity index is 3.94. The van der Waals surface area contributed by atoms with Crippen LogP contribution in [0.2, 0.25) is 0 Å². The molecule has 0 aliphatic carbocycles. The second-order valence-electron chi connectivity index (χ2n) is 6.33. The van der Waals surface area contributed by atoms with Gasteiger partial charge in [-0.3, -0.25) is 0 Å². The highest BCUT2D eigenvalue weighted by Crippen LogP contribution is 2.00. The normalized spacial score (nSPS) is 14.4. The minimum Gasteiger partial charge on any atom is -0.462 e. The minimum atomic E-state index is -0.524. The lowest BCUT2D eigenvalue weighted by Gasteiger charge is -2.16. The molecule has 0 fully saturated rings. The Morgan fingerprint density at radius 3 is 1.41 bits per heavy atom. The van der Waals surface area contributed by atoms with Gasteiger partial charge < -0.3 is 19.3 Å². The van der Waals surface area contributed by atoms with Crippen molar-refractivity contribution in [1.82, 2.24) is 9.80 Å². The van der Waals surface area contributed by atoms with Crippen LogP contribution in [0, 0.1) is 11.8 Å². The summed E-state index contributed by atoms with van der Waals surface area (Å²) in [4.78, 5) is 27.0. The predicted octanol–water partition coefficient (Wildman–Crippen LogP) is 1.02. The molecule has 6 heteroatoms. The number of carbonyl (C=O) groups excluding carboxylic acids is 2. The molecular formula is C16H30N2O4. The average molecular weight is 314 g/mol. The van der Waals surface area contributed by atoms with E-state index in [1.165, 1.54) is 0 Å². The van der Waals surface area contributed by atoms with Crippen LogP contribution < -0.4 is 0 Å². The summed E-state index contributed by atoms with van der Waals surface area (Å²) in [5.41, 5.74) is 0. The fraction of sp³-hybridized carbons (Fsp3) is 0.750. The number of hydrogen-bond acceptors (Lipinski definition) is 6. The van der Waals surface area contributed by atoms with E-state index in [4.69, 9.17) is 9.47 Å². The maximum Gasteiger partial charge on any atom is 0.331 e. The predicted molar refractivity (Wildman–Crippen MR) is 86.5 cm³/mol. The van der Waals surface area contributed by atoms with Crippen molar-refractivity contribution in [1.29, 1.82) is 0 Å². The third kappa shape index (κ3) is 12.3. The number of esters is 2. The Morgan fingerprint density at radius 1 is 0.818 bits per heavy atom. The molecule has 0 saturated carbocycles. The van der Waals surface area contributed by atoms with Gasteiger partial charge in [-0.25, -0.2) is 9.59 Å². The Hall–Kier alpha value is -1.40. The Labute approximate surface area is 134 Å². The molecule has 0 rings (SSSR count). The molecule has 0 bridgehead atoms. The first-order chi connectivity index (χ1) is 10.2. The van der Waals surface area contributed by atoms with Crippen molar-refractivity contribution in [2.75, 3.05) is 54.5 Å². The van der Waals surface area contributed by atoms with E-state index < -0.39 is 11.9 Å². The summed E-state index contributed by atoms with van der Waals surface area (Å²) < 4.78 is 10.1. The molecule has 22 heavy (non-hydrogen) atoms. The van der Waals surface area contributed by atoms with Gasteiger partial charge in [-0.1, -0.05) is 13.8 Å². The van der Waals surface area contributed by atoms with Gasteiger partial charge in [0.2, 0.25) is 0 Å². The fourth-order valence-corrected chi connectivity index (χ4v) is 2.03. The van der Waals surface area contributed by atoms with Crippen LogP contribution in [0.1, 0.15) is 13.8 Å². The van der Waals surface area contributed by atoms with Crippen LogP contribution in [-0.2, 0) is 19.1 Å². The van der Waals surface area contributed by atoms with Crippen LogP contribution in [0.5, 0.6) is 0 Å². The Kier molecular flexibility index (Phi) is 10.5. The second-order valence-corrected chi connectivity index (χ2v) is 6.33. The largest absolute Gasteiger partial charge is 0.462 e. The van der Waals surface area contributed by atoms with E-state index in [1.54, 1.807) is 0 Å². The average Bonchev–Trinajstić information content (AvgIpc) is 2.39. The molecule has 0 N–H and O–H groups in total. The van der Waals surface area contributed by atoms with Gasteiger partial charge in [0.1, 0.15) is 0 Å². The Morgan fingerprint density at radius 2 is 1.14 bits per heavy atom. The van der Waals surface area contributed by atoms with Crippen molar-refractivity contribution < 1.29 is 19.1 Å². The fourth-order valence-electron chi connectivity index (χ4n) is 2.03.